The Morgan fingerprint density at radius 2 is 1.40 bits per heavy atom. The standard InChI is InChI=1S/C30H34FN7O7/c1-29(2,3)44-27(42)37-26(38-28(43)45-30(4,5)6)35-20-13-9-18(10-14-20)23(39)34-19-11-7-17(8-12-19)15-32-24(40)22-25(41)33-16-21(31)36-22/h7-14,16H,15H2,1-6H3,(H,32,40)(H,33,41)(H,34,39)(H2,35,37,38,42,43). The molecule has 1 aromatic heterocycles. The predicted molar refractivity (Wildman–Crippen MR) is 163 cm³/mol. The lowest BCUT2D eigenvalue weighted by Crippen LogP contribution is -2.47. The van der Waals surface area contributed by atoms with Gasteiger partial charge in [0.05, 0.1) is 11.9 Å². The number of aliphatic imine (C=N–C) groups is 1. The molecule has 14 nitrogen and oxygen atoms in total. The van der Waals surface area contributed by atoms with Gasteiger partial charge in [-0.25, -0.2) is 19.6 Å². The second kappa shape index (κ2) is 14.2. The van der Waals surface area contributed by atoms with E-state index in [1.54, 1.807) is 65.8 Å². The number of guanidine groups is 1. The fraction of sp³-hybridized carbons (Fsp3) is 0.300. The minimum absolute atomic E-state index is 0.0280. The highest BCUT2D eigenvalue weighted by Crippen LogP contribution is 2.16. The molecule has 0 radical (unpaired) electrons. The molecule has 0 saturated heterocycles. The first kappa shape index (κ1) is 33.9. The van der Waals surface area contributed by atoms with Crippen molar-refractivity contribution in [3.63, 3.8) is 0 Å². The number of alkyl carbamates (subject to hydrolysis) is 2. The molecule has 238 valence electrons. The number of carbonyl (C=O) groups is 4. The van der Waals surface area contributed by atoms with Gasteiger partial charge in [-0.15, -0.1) is 0 Å². The Kier molecular flexibility index (Phi) is 10.7. The van der Waals surface area contributed by atoms with Crippen molar-refractivity contribution >= 4 is 41.3 Å². The van der Waals surface area contributed by atoms with Gasteiger partial charge in [0.2, 0.25) is 11.9 Å². The van der Waals surface area contributed by atoms with Gasteiger partial charge in [-0.05, 0) is 83.5 Å². The number of nitrogens with zero attached hydrogens (tertiary/aromatic N) is 2. The first-order valence-electron chi connectivity index (χ1n) is 13.6. The fourth-order valence-corrected chi connectivity index (χ4v) is 3.42. The molecule has 0 spiro atoms. The molecule has 0 fully saturated rings. The summed E-state index contributed by atoms with van der Waals surface area (Å²) in [7, 11) is 0. The summed E-state index contributed by atoms with van der Waals surface area (Å²) in [5.74, 6) is -2.50. The monoisotopic (exact) mass is 623 g/mol. The number of hydrogen-bond acceptors (Lipinski definition) is 9. The number of H-pyrrole nitrogens is 1. The molecule has 5 N–H and O–H groups in total. The molecule has 0 atom stereocenters. The molecule has 3 aromatic rings. The zero-order valence-corrected chi connectivity index (χ0v) is 25.5. The van der Waals surface area contributed by atoms with E-state index in [0.29, 0.717) is 22.5 Å². The van der Waals surface area contributed by atoms with Crippen molar-refractivity contribution in [2.75, 3.05) is 5.32 Å². The van der Waals surface area contributed by atoms with Crippen LogP contribution in [-0.2, 0) is 16.0 Å². The van der Waals surface area contributed by atoms with Crippen LogP contribution in [0, 0.1) is 5.95 Å². The number of rotatable bonds is 6. The van der Waals surface area contributed by atoms with Gasteiger partial charge in [0.25, 0.3) is 17.4 Å². The van der Waals surface area contributed by atoms with E-state index in [1.807, 2.05) is 0 Å². The van der Waals surface area contributed by atoms with E-state index in [1.165, 1.54) is 24.3 Å². The van der Waals surface area contributed by atoms with Crippen LogP contribution in [0.1, 0.15) is 68.0 Å². The molecule has 0 aliphatic heterocycles. The van der Waals surface area contributed by atoms with Crippen LogP contribution in [0.15, 0.2) is 64.5 Å². The maximum Gasteiger partial charge on any atom is 0.414 e. The van der Waals surface area contributed by atoms with Crippen molar-refractivity contribution in [3.8, 4) is 0 Å². The summed E-state index contributed by atoms with van der Waals surface area (Å²) in [5.41, 5.74) is -1.30. The van der Waals surface area contributed by atoms with E-state index in [4.69, 9.17) is 9.47 Å². The normalized spacial score (nSPS) is 11.1. The third-order valence-electron chi connectivity index (χ3n) is 5.25. The molecule has 45 heavy (non-hydrogen) atoms. The van der Waals surface area contributed by atoms with E-state index in [-0.39, 0.29) is 12.5 Å². The lowest BCUT2D eigenvalue weighted by atomic mass is 10.1. The lowest BCUT2D eigenvalue weighted by Gasteiger charge is -2.22. The van der Waals surface area contributed by atoms with Crippen LogP contribution in [0.25, 0.3) is 0 Å². The number of carbonyl (C=O) groups excluding carboxylic acids is 4. The maximum atomic E-state index is 13.2. The van der Waals surface area contributed by atoms with E-state index >= 15 is 0 Å². The van der Waals surface area contributed by atoms with Gasteiger partial charge in [-0.2, -0.15) is 4.39 Å². The van der Waals surface area contributed by atoms with Gasteiger partial charge in [0.15, 0.2) is 5.69 Å². The van der Waals surface area contributed by atoms with Crippen molar-refractivity contribution in [2.24, 2.45) is 4.99 Å². The Morgan fingerprint density at radius 1 is 0.844 bits per heavy atom. The Balaban J connectivity index is 1.63. The topological polar surface area (TPSA) is 193 Å². The predicted octanol–water partition coefficient (Wildman–Crippen LogP) is 4.13. The number of nitrogens with one attached hydrogen (secondary N) is 5. The highest BCUT2D eigenvalue weighted by Gasteiger charge is 2.21. The lowest BCUT2D eigenvalue weighted by molar-refractivity contribution is 0.0544. The van der Waals surface area contributed by atoms with Gasteiger partial charge in [0.1, 0.15) is 11.2 Å². The zero-order valence-electron chi connectivity index (χ0n) is 25.5. The first-order chi connectivity index (χ1) is 21.0. The summed E-state index contributed by atoms with van der Waals surface area (Å²) in [5, 5.41) is 9.99. The second-order valence-corrected chi connectivity index (χ2v) is 11.5. The number of amides is 4. The number of benzene rings is 2. The molecule has 1 heterocycles. The van der Waals surface area contributed by atoms with Crippen molar-refractivity contribution in [3.05, 3.63) is 87.9 Å². The molecule has 3 rings (SSSR count). The summed E-state index contributed by atoms with van der Waals surface area (Å²) in [6, 6.07) is 12.5. The van der Waals surface area contributed by atoms with E-state index in [9.17, 15) is 28.4 Å². The minimum atomic E-state index is -0.989. The molecule has 0 saturated carbocycles. The molecular formula is C30H34FN7O7. The quantitative estimate of drug-likeness (QED) is 0.200. The van der Waals surface area contributed by atoms with Crippen LogP contribution >= 0.6 is 0 Å². The number of aromatic nitrogens is 2. The highest BCUT2D eigenvalue weighted by molar-refractivity contribution is 6.05. The van der Waals surface area contributed by atoms with Crippen LogP contribution in [0.3, 0.4) is 0 Å². The molecular weight excluding hydrogens is 589 g/mol. The van der Waals surface area contributed by atoms with Gasteiger partial charge in [0, 0.05) is 17.8 Å². The molecule has 0 unspecified atom stereocenters. The Labute approximate surface area is 257 Å². The highest BCUT2D eigenvalue weighted by atomic mass is 19.1. The number of anilines is 1. The van der Waals surface area contributed by atoms with E-state index in [0.717, 1.165) is 6.20 Å². The second-order valence-electron chi connectivity index (χ2n) is 11.5. The largest absolute Gasteiger partial charge is 0.444 e. The summed E-state index contributed by atoms with van der Waals surface area (Å²) in [6.45, 7) is 10.1. The first-order valence-corrected chi connectivity index (χ1v) is 13.6. The SMILES string of the molecule is CC(C)(C)OC(=O)NC(=Nc1ccc(C(=O)Nc2ccc(CNC(=O)c3nc(F)c[nH]c3=O)cc2)cc1)NC(=O)OC(C)(C)C. The fourth-order valence-electron chi connectivity index (χ4n) is 3.42. The molecule has 4 amide bonds. The summed E-state index contributed by atoms with van der Waals surface area (Å²) in [6.07, 6.45) is -0.940. The van der Waals surface area contributed by atoms with Crippen molar-refractivity contribution in [2.45, 2.75) is 59.3 Å². The average molecular weight is 624 g/mol. The van der Waals surface area contributed by atoms with Crippen LogP contribution in [0.2, 0.25) is 0 Å². The molecule has 0 aliphatic rings. The van der Waals surface area contributed by atoms with Crippen molar-refractivity contribution in [1.82, 2.24) is 25.9 Å². The Hall–Kier alpha value is -5.60. The summed E-state index contributed by atoms with van der Waals surface area (Å²) >= 11 is 0. The van der Waals surface area contributed by atoms with Crippen LogP contribution in [0.5, 0.6) is 0 Å². The zero-order chi connectivity index (χ0) is 33.4. The number of hydrogen-bond donors (Lipinski definition) is 5. The minimum Gasteiger partial charge on any atom is -0.444 e. The Morgan fingerprint density at radius 3 is 1.93 bits per heavy atom. The molecule has 0 aliphatic carbocycles. The van der Waals surface area contributed by atoms with Crippen LogP contribution < -0.4 is 26.8 Å². The van der Waals surface area contributed by atoms with Gasteiger partial charge < -0.3 is 25.1 Å². The van der Waals surface area contributed by atoms with E-state index < -0.39 is 52.4 Å². The van der Waals surface area contributed by atoms with Crippen LogP contribution in [-0.4, -0.2) is 51.1 Å². The van der Waals surface area contributed by atoms with Gasteiger partial charge >= 0.3 is 12.2 Å². The van der Waals surface area contributed by atoms with E-state index in [2.05, 4.69) is 36.2 Å². The van der Waals surface area contributed by atoms with Crippen molar-refractivity contribution in [1.29, 1.82) is 0 Å². The molecule has 0 bridgehead atoms. The van der Waals surface area contributed by atoms with Gasteiger partial charge in [-0.3, -0.25) is 25.0 Å². The number of halogens is 1. The van der Waals surface area contributed by atoms with Crippen LogP contribution in [0.4, 0.5) is 25.4 Å². The Bertz CT molecular complexity index is 1610. The summed E-state index contributed by atoms with van der Waals surface area (Å²) in [4.78, 5) is 70.9. The number of aromatic amines is 1. The third kappa shape index (κ3) is 11.5. The maximum absolute atomic E-state index is 13.2. The molecule has 2 aromatic carbocycles. The van der Waals surface area contributed by atoms with Crippen molar-refractivity contribution < 1.29 is 33.0 Å². The van der Waals surface area contributed by atoms with Gasteiger partial charge in [-0.1, -0.05) is 12.1 Å². The summed E-state index contributed by atoms with van der Waals surface area (Å²) < 4.78 is 23.7. The number of ether oxygens (including phenoxy) is 2. The smallest absolute Gasteiger partial charge is 0.414 e. The average Bonchev–Trinajstić information content (AvgIpc) is 2.92. The molecule has 15 heteroatoms. The third-order valence-corrected chi connectivity index (χ3v) is 5.25.